The molecule has 1 aliphatic heterocycles. The van der Waals surface area contributed by atoms with Gasteiger partial charge in [0, 0.05) is 18.0 Å². The van der Waals surface area contributed by atoms with Crippen molar-refractivity contribution in [1.29, 1.82) is 0 Å². The van der Waals surface area contributed by atoms with Crippen molar-refractivity contribution >= 4 is 17.2 Å². The highest BCUT2D eigenvalue weighted by molar-refractivity contribution is 7.10. The molecule has 0 radical (unpaired) electrons. The molecule has 0 unspecified atom stereocenters. The largest absolute Gasteiger partial charge is 0.491 e. The maximum atomic E-state index is 13.6. The van der Waals surface area contributed by atoms with E-state index in [-0.39, 0.29) is 18.5 Å². The summed E-state index contributed by atoms with van der Waals surface area (Å²) in [4.78, 5) is 18.9. The van der Waals surface area contributed by atoms with E-state index in [9.17, 15) is 9.90 Å². The van der Waals surface area contributed by atoms with E-state index < -0.39 is 5.60 Å². The molecule has 2 atom stereocenters. The zero-order valence-corrected chi connectivity index (χ0v) is 21.2. The molecule has 0 bridgehead atoms. The molecule has 6 heteroatoms. The number of thiophene rings is 1. The SMILES string of the molecule is C=C[C@](C)(O)CN(CCC(C)C)CC(=O)N1CCc2sccc2[C@@H]1COc1cccc(C)c1. The number of carbonyl (C=O) groups is 1. The van der Waals surface area contributed by atoms with Crippen LogP contribution in [0.25, 0.3) is 0 Å². The van der Waals surface area contributed by atoms with Gasteiger partial charge in [0.05, 0.1) is 18.2 Å². The van der Waals surface area contributed by atoms with Crippen molar-refractivity contribution in [3.63, 3.8) is 0 Å². The number of fused-ring (bicyclic) bond motifs is 1. The van der Waals surface area contributed by atoms with Crippen LogP contribution in [0.3, 0.4) is 0 Å². The lowest BCUT2D eigenvalue weighted by Gasteiger charge is -2.38. The molecular weight excluding hydrogens is 432 g/mol. The van der Waals surface area contributed by atoms with Crippen LogP contribution in [0.4, 0.5) is 0 Å². The predicted octanol–water partition coefficient (Wildman–Crippen LogP) is 4.85. The number of amides is 1. The lowest BCUT2D eigenvalue weighted by molar-refractivity contribution is -0.136. The highest BCUT2D eigenvalue weighted by Crippen LogP contribution is 2.34. The van der Waals surface area contributed by atoms with Crippen molar-refractivity contribution in [3.8, 4) is 5.75 Å². The predicted molar refractivity (Wildman–Crippen MR) is 136 cm³/mol. The minimum atomic E-state index is -1.03. The van der Waals surface area contributed by atoms with Crippen LogP contribution in [0, 0.1) is 12.8 Å². The summed E-state index contributed by atoms with van der Waals surface area (Å²) in [5.41, 5.74) is 1.31. The Labute approximate surface area is 202 Å². The third-order valence-electron chi connectivity index (χ3n) is 6.18. The van der Waals surface area contributed by atoms with Crippen molar-refractivity contribution in [2.24, 2.45) is 5.92 Å². The quantitative estimate of drug-likeness (QED) is 0.477. The molecule has 5 nitrogen and oxygen atoms in total. The molecule has 1 aliphatic rings. The molecule has 1 aromatic carbocycles. The average Bonchev–Trinajstić information content (AvgIpc) is 3.24. The number of rotatable bonds is 11. The van der Waals surface area contributed by atoms with Crippen LogP contribution in [0.5, 0.6) is 5.75 Å². The number of nitrogens with zero attached hydrogens (tertiary/aromatic N) is 2. The number of hydrogen-bond donors (Lipinski definition) is 1. The summed E-state index contributed by atoms with van der Waals surface area (Å²) in [6, 6.07) is 10.0. The third-order valence-corrected chi connectivity index (χ3v) is 7.17. The van der Waals surface area contributed by atoms with Gasteiger partial charge in [0.2, 0.25) is 5.91 Å². The lowest BCUT2D eigenvalue weighted by atomic mass is 10.00. The van der Waals surface area contributed by atoms with Gasteiger partial charge in [-0.25, -0.2) is 0 Å². The lowest BCUT2D eigenvalue weighted by Crippen LogP contribution is -2.49. The minimum Gasteiger partial charge on any atom is -0.491 e. The monoisotopic (exact) mass is 470 g/mol. The Bertz CT molecular complexity index is 937. The summed E-state index contributed by atoms with van der Waals surface area (Å²) >= 11 is 1.75. The van der Waals surface area contributed by atoms with Crippen molar-refractivity contribution in [2.75, 3.05) is 32.8 Å². The normalized spacial score (nSPS) is 17.7. The number of carbonyl (C=O) groups excluding carboxylic acids is 1. The first kappa shape index (κ1) is 25.5. The van der Waals surface area contributed by atoms with E-state index in [0.717, 1.165) is 30.7 Å². The fraction of sp³-hybridized carbons (Fsp3) is 0.519. The van der Waals surface area contributed by atoms with Crippen LogP contribution in [0.15, 0.2) is 48.4 Å². The van der Waals surface area contributed by atoms with Crippen LogP contribution >= 0.6 is 11.3 Å². The number of hydrogen-bond acceptors (Lipinski definition) is 5. The Balaban J connectivity index is 1.75. The fourth-order valence-corrected chi connectivity index (χ4v) is 5.14. The Morgan fingerprint density at radius 3 is 2.91 bits per heavy atom. The topological polar surface area (TPSA) is 53.0 Å². The van der Waals surface area contributed by atoms with Gasteiger partial charge in [0.15, 0.2) is 0 Å². The fourth-order valence-electron chi connectivity index (χ4n) is 4.21. The molecule has 180 valence electrons. The summed E-state index contributed by atoms with van der Waals surface area (Å²) in [5.74, 6) is 1.42. The van der Waals surface area contributed by atoms with Gasteiger partial charge in [-0.15, -0.1) is 17.9 Å². The maximum absolute atomic E-state index is 13.6. The van der Waals surface area contributed by atoms with Gasteiger partial charge in [-0.2, -0.15) is 0 Å². The first-order valence-electron chi connectivity index (χ1n) is 11.8. The summed E-state index contributed by atoms with van der Waals surface area (Å²) < 4.78 is 6.16. The van der Waals surface area contributed by atoms with E-state index in [1.165, 1.54) is 10.4 Å². The van der Waals surface area contributed by atoms with Gasteiger partial charge in [0.1, 0.15) is 12.4 Å². The number of aryl methyl sites for hydroxylation is 1. The van der Waals surface area contributed by atoms with Crippen LogP contribution in [0.1, 0.15) is 49.2 Å². The van der Waals surface area contributed by atoms with Crippen molar-refractivity contribution in [3.05, 3.63) is 64.4 Å². The van der Waals surface area contributed by atoms with E-state index >= 15 is 0 Å². The zero-order valence-electron chi connectivity index (χ0n) is 20.4. The van der Waals surface area contributed by atoms with Crippen LogP contribution < -0.4 is 4.74 Å². The molecule has 0 saturated carbocycles. The first-order valence-corrected chi connectivity index (χ1v) is 12.7. The molecule has 2 heterocycles. The Morgan fingerprint density at radius 2 is 2.21 bits per heavy atom. The third kappa shape index (κ3) is 7.16. The number of ether oxygens (including phenoxy) is 1. The highest BCUT2D eigenvalue weighted by Gasteiger charge is 2.33. The van der Waals surface area contributed by atoms with Gasteiger partial charge >= 0.3 is 0 Å². The van der Waals surface area contributed by atoms with Crippen molar-refractivity contribution < 1.29 is 14.6 Å². The highest BCUT2D eigenvalue weighted by atomic mass is 32.1. The molecule has 0 saturated heterocycles. The van der Waals surface area contributed by atoms with E-state index in [0.29, 0.717) is 25.6 Å². The van der Waals surface area contributed by atoms with Crippen molar-refractivity contribution in [2.45, 2.75) is 52.2 Å². The molecule has 1 N–H and O–H groups in total. The number of aliphatic hydroxyl groups is 1. The number of benzene rings is 1. The van der Waals surface area contributed by atoms with Gasteiger partial charge in [0.25, 0.3) is 0 Å². The molecule has 33 heavy (non-hydrogen) atoms. The van der Waals surface area contributed by atoms with Crippen molar-refractivity contribution in [1.82, 2.24) is 9.80 Å². The van der Waals surface area contributed by atoms with Crippen LogP contribution in [0.2, 0.25) is 0 Å². The van der Waals surface area contributed by atoms with Crippen LogP contribution in [-0.2, 0) is 11.2 Å². The van der Waals surface area contributed by atoms with Gasteiger partial charge < -0.3 is 14.7 Å². The Morgan fingerprint density at radius 1 is 1.42 bits per heavy atom. The van der Waals surface area contributed by atoms with Gasteiger partial charge in [-0.05, 0) is 73.9 Å². The maximum Gasteiger partial charge on any atom is 0.237 e. The first-order chi connectivity index (χ1) is 15.7. The zero-order chi connectivity index (χ0) is 24.0. The smallest absolute Gasteiger partial charge is 0.237 e. The Kier molecular flexibility index (Phi) is 8.74. The molecule has 2 aromatic rings. The summed E-state index contributed by atoms with van der Waals surface area (Å²) in [6.45, 7) is 14.4. The molecule has 1 amide bonds. The second-order valence-corrected chi connectivity index (χ2v) is 10.7. The van der Waals surface area contributed by atoms with Crippen LogP contribution in [-0.4, -0.2) is 59.2 Å². The molecule has 1 aromatic heterocycles. The van der Waals surface area contributed by atoms with E-state index in [1.54, 1.807) is 24.3 Å². The molecule has 0 aliphatic carbocycles. The second kappa shape index (κ2) is 11.3. The average molecular weight is 471 g/mol. The molecule has 0 fully saturated rings. The van der Waals surface area contributed by atoms with E-state index in [1.807, 2.05) is 36.1 Å². The second-order valence-electron chi connectivity index (χ2n) is 9.73. The summed E-state index contributed by atoms with van der Waals surface area (Å²) in [6.07, 6.45) is 3.39. The molecular formula is C27H38N2O3S. The van der Waals surface area contributed by atoms with E-state index in [2.05, 4.69) is 36.8 Å². The van der Waals surface area contributed by atoms with Gasteiger partial charge in [-0.1, -0.05) is 32.1 Å². The standard InChI is InChI=1S/C27H38N2O3S/c1-6-27(5,31)19-28(13-10-20(2)3)17-26(30)29-14-11-25-23(12-15-33-25)24(29)18-32-22-9-7-8-21(4)16-22/h6-9,12,15-16,20,24,31H,1,10-11,13-14,17-19H2,2-5H3/t24-,27-/m0/s1. The minimum absolute atomic E-state index is 0.0771. The summed E-state index contributed by atoms with van der Waals surface area (Å²) in [5, 5.41) is 12.7. The Hall–Kier alpha value is -2.15. The summed E-state index contributed by atoms with van der Waals surface area (Å²) in [7, 11) is 0. The molecule has 0 spiro atoms. The molecule has 3 rings (SSSR count). The van der Waals surface area contributed by atoms with Gasteiger partial charge in [-0.3, -0.25) is 9.69 Å². The van der Waals surface area contributed by atoms with E-state index in [4.69, 9.17) is 4.74 Å².